The largest absolute Gasteiger partial charge is 0.323 e. The van der Waals surface area contributed by atoms with E-state index in [1.807, 2.05) is 6.92 Å². The Morgan fingerprint density at radius 2 is 2.18 bits per heavy atom. The average Bonchev–Trinajstić information content (AvgIpc) is 2.36. The fourth-order valence-corrected chi connectivity index (χ4v) is 4.68. The molecule has 1 unspecified atom stereocenters. The standard InChI is InChI=1S/C10H20N2O3S2/c1-3-8(11)10(13)12-5-6-16-7-9(12)17(14,15)4-2/h8-9H,3-7,11H2,1-2H3/t8-,9?/m0/s1. The van der Waals surface area contributed by atoms with Crippen molar-refractivity contribution in [2.75, 3.05) is 23.8 Å². The third kappa shape index (κ3) is 3.35. The number of hydrogen-bond acceptors (Lipinski definition) is 5. The zero-order valence-electron chi connectivity index (χ0n) is 10.3. The van der Waals surface area contributed by atoms with Crippen LogP contribution in [0.4, 0.5) is 0 Å². The number of nitrogens with two attached hydrogens (primary N) is 1. The number of sulfone groups is 1. The number of thioether (sulfide) groups is 1. The maximum atomic E-state index is 12.0. The van der Waals surface area contributed by atoms with Crippen molar-refractivity contribution in [3.05, 3.63) is 0 Å². The minimum Gasteiger partial charge on any atom is -0.323 e. The van der Waals surface area contributed by atoms with E-state index in [0.717, 1.165) is 5.75 Å². The minimum absolute atomic E-state index is 0.0589. The molecule has 0 saturated carbocycles. The van der Waals surface area contributed by atoms with E-state index in [-0.39, 0.29) is 11.7 Å². The van der Waals surface area contributed by atoms with Crippen molar-refractivity contribution in [1.82, 2.24) is 4.90 Å². The monoisotopic (exact) mass is 280 g/mol. The molecule has 7 heteroatoms. The molecular formula is C10H20N2O3S2. The van der Waals surface area contributed by atoms with Crippen molar-refractivity contribution < 1.29 is 13.2 Å². The molecule has 2 atom stereocenters. The summed E-state index contributed by atoms with van der Waals surface area (Å²) in [5.74, 6) is 1.05. The molecule has 0 aromatic rings. The molecule has 1 aliphatic heterocycles. The van der Waals surface area contributed by atoms with Gasteiger partial charge >= 0.3 is 0 Å². The highest BCUT2D eigenvalue weighted by atomic mass is 32.2. The first kappa shape index (κ1) is 14.8. The second-order valence-electron chi connectivity index (χ2n) is 4.03. The maximum absolute atomic E-state index is 12.0. The molecule has 1 heterocycles. The Hall–Kier alpha value is -0.270. The van der Waals surface area contributed by atoms with E-state index in [1.165, 1.54) is 4.90 Å². The number of hydrogen-bond donors (Lipinski definition) is 1. The van der Waals surface area contributed by atoms with Gasteiger partial charge in [0.15, 0.2) is 9.84 Å². The van der Waals surface area contributed by atoms with Crippen LogP contribution in [0.2, 0.25) is 0 Å². The molecule has 5 nitrogen and oxygen atoms in total. The summed E-state index contributed by atoms with van der Waals surface area (Å²) in [4.78, 5) is 13.5. The predicted octanol–water partition coefficient (Wildman–Crippen LogP) is 0.0599. The van der Waals surface area contributed by atoms with Crippen LogP contribution in [0.3, 0.4) is 0 Å². The van der Waals surface area contributed by atoms with Gasteiger partial charge in [-0.3, -0.25) is 4.79 Å². The fraction of sp³-hybridized carbons (Fsp3) is 0.900. The lowest BCUT2D eigenvalue weighted by Crippen LogP contribution is -2.55. The topological polar surface area (TPSA) is 80.5 Å². The van der Waals surface area contributed by atoms with Crippen molar-refractivity contribution in [2.24, 2.45) is 5.73 Å². The summed E-state index contributed by atoms with van der Waals surface area (Å²) < 4.78 is 23.9. The van der Waals surface area contributed by atoms with Gasteiger partial charge in [0.05, 0.1) is 6.04 Å². The summed E-state index contributed by atoms with van der Waals surface area (Å²) in [5, 5.41) is -0.698. The predicted molar refractivity (Wildman–Crippen MR) is 70.6 cm³/mol. The van der Waals surface area contributed by atoms with Crippen molar-refractivity contribution in [1.29, 1.82) is 0 Å². The van der Waals surface area contributed by atoms with Gasteiger partial charge in [0.1, 0.15) is 5.37 Å². The van der Waals surface area contributed by atoms with E-state index in [0.29, 0.717) is 18.7 Å². The Morgan fingerprint density at radius 1 is 1.53 bits per heavy atom. The lowest BCUT2D eigenvalue weighted by atomic mass is 10.2. The second-order valence-corrected chi connectivity index (χ2v) is 7.62. The second kappa shape index (κ2) is 6.06. The average molecular weight is 280 g/mol. The van der Waals surface area contributed by atoms with Crippen molar-refractivity contribution >= 4 is 27.5 Å². The van der Waals surface area contributed by atoms with E-state index >= 15 is 0 Å². The molecule has 0 bridgehead atoms. The van der Waals surface area contributed by atoms with Crippen LogP contribution < -0.4 is 5.73 Å². The summed E-state index contributed by atoms with van der Waals surface area (Å²) in [5.41, 5.74) is 5.70. The van der Waals surface area contributed by atoms with Gasteiger partial charge in [-0.1, -0.05) is 13.8 Å². The van der Waals surface area contributed by atoms with E-state index in [9.17, 15) is 13.2 Å². The van der Waals surface area contributed by atoms with Gasteiger partial charge in [-0.2, -0.15) is 11.8 Å². The Bertz CT molecular complexity index is 370. The number of carbonyl (C=O) groups excluding carboxylic acids is 1. The summed E-state index contributed by atoms with van der Waals surface area (Å²) in [6.07, 6.45) is 0.529. The number of carbonyl (C=O) groups is 1. The van der Waals surface area contributed by atoms with E-state index < -0.39 is 21.3 Å². The molecule has 1 amide bonds. The number of rotatable bonds is 4. The first-order chi connectivity index (χ1) is 7.94. The zero-order valence-corrected chi connectivity index (χ0v) is 11.9. The molecular weight excluding hydrogens is 260 g/mol. The highest BCUT2D eigenvalue weighted by molar-refractivity contribution is 8.01. The molecule has 1 fully saturated rings. The fourth-order valence-electron chi connectivity index (χ4n) is 1.71. The molecule has 1 rings (SSSR count). The number of nitrogens with zero attached hydrogens (tertiary/aromatic N) is 1. The third-order valence-corrected chi connectivity index (χ3v) is 6.23. The molecule has 0 aromatic carbocycles. The van der Waals surface area contributed by atoms with Crippen LogP contribution in [0, 0.1) is 0 Å². The van der Waals surface area contributed by atoms with Crippen LogP contribution in [0.1, 0.15) is 20.3 Å². The quantitative estimate of drug-likeness (QED) is 0.787. The third-order valence-electron chi connectivity index (χ3n) is 2.94. The SMILES string of the molecule is CC[C@H](N)C(=O)N1CCSCC1S(=O)(=O)CC. The van der Waals surface area contributed by atoms with Crippen LogP contribution in [0.5, 0.6) is 0 Å². The van der Waals surface area contributed by atoms with E-state index in [2.05, 4.69) is 0 Å². The first-order valence-corrected chi connectivity index (χ1v) is 8.66. The van der Waals surface area contributed by atoms with Crippen LogP contribution in [0.15, 0.2) is 0 Å². The summed E-state index contributed by atoms with van der Waals surface area (Å²) in [7, 11) is -3.23. The maximum Gasteiger partial charge on any atom is 0.240 e. The van der Waals surface area contributed by atoms with E-state index in [1.54, 1.807) is 18.7 Å². The molecule has 0 aromatic heterocycles. The molecule has 1 aliphatic rings. The zero-order chi connectivity index (χ0) is 13.1. The minimum atomic E-state index is -3.23. The summed E-state index contributed by atoms with van der Waals surface area (Å²) in [6.45, 7) is 3.91. The van der Waals surface area contributed by atoms with Crippen LogP contribution in [0.25, 0.3) is 0 Å². The highest BCUT2D eigenvalue weighted by Crippen LogP contribution is 2.22. The Labute approximate surface area is 107 Å². The first-order valence-electron chi connectivity index (χ1n) is 5.79. The molecule has 0 radical (unpaired) electrons. The summed E-state index contributed by atoms with van der Waals surface area (Å²) >= 11 is 1.57. The lowest BCUT2D eigenvalue weighted by molar-refractivity contribution is -0.133. The lowest BCUT2D eigenvalue weighted by Gasteiger charge is -2.36. The van der Waals surface area contributed by atoms with Crippen LogP contribution in [-0.4, -0.2) is 54.4 Å². The van der Waals surface area contributed by atoms with Crippen molar-refractivity contribution in [2.45, 2.75) is 31.7 Å². The smallest absolute Gasteiger partial charge is 0.240 e. The van der Waals surface area contributed by atoms with Crippen LogP contribution in [-0.2, 0) is 14.6 Å². The van der Waals surface area contributed by atoms with Gasteiger partial charge < -0.3 is 10.6 Å². The van der Waals surface area contributed by atoms with Gasteiger partial charge in [0.25, 0.3) is 0 Å². The van der Waals surface area contributed by atoms with Gasteiger partial charge in [0.2, 0.25) is 5.91 Å². The molecule has 17 heavy (non-hydrogen) atoms. The normalized spacial score (nSPS) is 23.5. The van der Waals surface area contributed by atoms with Gasteiger partial charge in [0, 0.05) is 23.8 Å². The number of amides is 1. The molecule has 2 N–H and O–H groups in total. The molecule has 0 spiro atoms. The van der Waals surface area contributed by atoms with Gasteiger partial charge in [-0.15, -0.1) is 0 Å². The Balaban J connectivity index is 2.91. The molecule has 0 aliphatic carbocycles. The van der Waals surface area contributed by atoms with Crippen LogP contribution >= 0.6 is 11.8 Å². The van der Waals surface area contributed by atoms with Gasteiger partial charge in [-0.05, 0) is 6.42 Å². The molecule has 100 valence electrons. The Morgan fingerprint density at radius 3 is 2.71 bits per heavy atom. The van der Waals surface area contributed by atoms with E-state index in [4.69, 9.17) is 5.73 Å². The summed E-state index contributed by atoms with van der Waals surface area (Å²) in [6, 6.07) is -0.590. The molecule has 1 saturated heterocycles. The van der Waals surface area contributed by atoms with Crippen molar-refractivity contribution in [3.8, 4) is 0 Å². The van der Waals surface area contributed by atoms with Gasteiger partial charge in [-0.25, -0.2) is 8.42 Å². The highest BCUT2D eigenvalue weighted by Gasteiger charge is 2.36. The van der Waals surface area contributed by atoms with Crippen molar-refractivity contribution in [3.63, 3.8) is 0 Å². The Kier molecular flexibility index (Phi) is 5.27.